The van der Waals surface area contributed by atoms with E-state index in [0.29, 0.717) is 11.3 Å². The minimum absolute atomic E-state index is 0.261. The normalized spacial score (nSPS) is 9.83. The standard InChI is InChI=1S/C12H11NO5/c14-7-13-10-3-1-8(2-4-10)9(5-11(15)16)6-12(17)18/h1-4,9H,5-6H2,(H,15,16)(H,17,18). The van der Waals surface area contributed by atoms with Crippen LogP contribution in [-0.2, 0) is 14.4 Å². The summed E-state index contributed by atoms with van der Waals surface area (Å²) in [5.41, 5.74) is 0.975. The first-order valence-electron chi connectivity index (χ1n) is 5.14. The number of isocyanates is 1. The highest BCUT2D eigenvalue weighted by Gasteiger charge is 2.18. The Kier molecular flexibility index (Phi) is 4.78. The molecule has 0 unspecified atom stereocenters. The van der Waals surface area contributed by atoms with Crippen molar-refractivity contribution in [1.82, 2.24) is 0 Å². The van der Waals surface area contributed by atoms with E-state index in [-0.39, 0.29) is 12.8 Å². The molecule has 0 aliphatic rings. The Balaban J connectivity index is 2.93. The minimum Gasteiger partial charge on any atom is -0.481 e. The Morgan fingerprint density at radius 2 is 1.61 bits per heavy atom. The molecule has 0 radical (unpaired) electrons. The molecular formula is C12H11NO5. The van der Waals surface area contributed by atoms with Gasteiger partial charge in [0.15, 0.2) is 0 Å². The second-order valence-electron chi connectivity index (χ2n) is 3.69. The molecule has 0 saturated heterocycles. The van der Waals surface area contributed by atoms with E-state index in [1.807, 2.05) is 0 Å². The molecule has 0 saturated carbocycles. The maximum atomic E-state index is 10.7. The van der Waals surface area contributed by atoms with Gasteiger partial charge in [-0.15, -0.1) is 0 Å². The number of hydrogen-bond donors (Lipinski definition) is 2. The Hall–Kier alpha value is -2.46. The lowest BCUT2D eigenvalue weighted by Crippen LogP contribution is -2.11. The summed E-state index contributed by atoms with van der Waals surface area (Å²) in [6.07, 6.45) is 0.861. The summed E-state index contributed by atoms with van der Waals surface area (Å²) in [4.78, 5) is 34.8. The quantitative estimate of drug-likeness (QED) is 0.589. The third-order valence-electron chi connectivity index (χ3n) is 2.38. The highest BCUT2D eigenvalue weighted by atomic mass is 16.4. The van der Waals surface area contributed by atoms with E-state index < -0.39 is 17.9 Å². The first kappa shape index (κ1) is 13.6. The Bertz CT molecular complexity index is 472. The predicted octanol–water partition coefficient (Wildman–Crippen LogP) is 1.69. The zero-order chi connectivity index (χ0) is 13.5. The van der Waals surface area contributed by atoms with Crippen molar-refractivity contribution in [2.24, 2.45) is 4.99 Å². The molecule has 0 amide bonds. The van der Waals surface area contributed by atoms with Gasteiger partial charge in [0, 0.05) is 5.92 Å². The Morgan fingerprint density at radius 3 is 2.00 bits per heavy atom. The lowest BCUT2D eigenvalue weighted by Gasteiger charge is -2.12. The summed E-state index contributed by atoms with van der Waals surface area (Å²) in [6.45, 7) is 0. The molecule has 0 fully saturated rings. The van der Waals surface area contributed by atoms with Gasteiger partial charge < -0.3 is 10.2 Å². The molecule has 2 N–H and O–H groups in total. The maximum absolute atomic E-state index is 10.7. The van der Waals surface area contributed by atoms with Gasteiger partial charge in [0.1, 0.15) is 0 Å². The lowest BCUT2D eigenvalue weighted by atomic mass is 9.92. The SMILES string of the molecule is O=C=Nc1ccc(C(CC(=O)O)CC(=O)O)cc1. The number of carboxylic acid groups (broad SMARTS) is 2. The van der Waals surface area contributed by atoms with Gasteiger partial charge in [0.25, 0.3) is 0 Å². The average molecular weight is 249 g/mol. The zero-order valence-electron chi connectivity index (χ0n) is 9.37. The van der Waals surface area contributed by atoms with Gasteiger partial charge in [-0.2, -0.15) is 4.99 Å². The maximum Gasteiger partial charge on any atom is 0.303 e. The molecule has 1 aromatic rings. The van der Waals surface area contributed by atoms with Crippen LogP contribution in [0.25, 0.3) is 0 Å². The second kappa shape index (κ2) is 6.32. The molecule has 0 heterocycles. The average Bonchev–Trinajstić information content (AvgIpc) is 2.28. The van der Waals surface area contributed by atoms with Crippen molar-refractivity contribution < 1.29 is 24.6 Å². The summed E-state index contributed by atoms with van der Waals surface area (Å²) in [5.74, 6) is -2.72. The number of carbonyl (C=O) groups is 2. The van der Waals surface area contributed by atoms with Gasteiger partial charge in [0.05, 0.1) is 18.5 Å². The molecule has 0 aliphatic heterocycles. The van der Waals surface area contributed by atoms with E-state index in [4.69, 9.17) is 10.2 Å². The van der Waals surface area contributed by atoms with Crippen molar-refractivity contribution >= 4 is 23.7 Å². The van der Waals surface area contributed by atoms with Gasteiger partial charge in [-0.25, -0.2) is 4.79 Å². The number of hydrogen-bond acceptors (Lipinski definition) is 4. The third kappa shape index (κ3) is 4.19. The highest BCUT2D eigenvalue weighted by Crippen LogP contribution is 2.25. The molecule has 1 aromatic carbocycles. The number of carboxylic acids is 2. The molecule has 0 aliphatic carbocycles. The summed E-state index contributed by atoms with van der Waals surface area (Å²) in [5, 5.41) is 17.5. The molecule has 0 aromatic heterocycles. The molecule has 0 bridgehead atoms. The van der Waals surface area contributed by atoms with E-state index in [0.717, 1.165) is 0 Å². The third-order valence-corrected chi connectivity index (χ3v) is 2.38. The predicted molar refractivity (Wildman–Crippen MR) is 61.5 cm³/mol. The monoisotopic (exact) mass is 249 g/mol. The summed E-state index contributed by atoms with van der Waals surface area (Å²) in [7, 11) is 0. The largest absolute Gasteiger partial charge is 0.481 e. The van der Waals surface area contributed by atoms with Crippen molar-refractivity contribution in [1.29, 1.82) is 0 Å². The summed E-state index contributed by atoms with van der Waals surface area (Å²) in [6, 6.07) is 6.15. The van der Waals surface area contributed by atoms with E-state index >= 15 is 0 Å². The fourth-order valence-corrected chi connectivity index (χ4v) is 1.60. The van der Waals surface area contributed by atoms with Crippen LogP contribution in [0.3, 0.4) is 0 Å². The van der Waals surface area contributed by atoms with E-state index in [1.54, 1.807) is 12.1 Å². The minimum atomic E-state index is -1.06. The molecule has 6 nitrogen and oxygen atoms in total. The van der Waals surface area contributed by atoms with Crippen LogP contribution in [0.2, 0.25) is 0 Å². The number of aliphatic imine (C=N–C) groups is 1. The fourth-order valence-electron chi connectivity index (χ4n) is 1.60. The van der Waals surface area contributed by atoms with Crippen LogP contribution in [0.1, 0.15) is 24.3 Å². The number of benzene rings is 1. The van der Waals surface area contributed by atoms with E-state index in [9.17, 15) is 14.4 Å². The van der Waals surface area contributed by atoms with Gasteiger partial charge >= 0.3 is 11.9 Å². The number of aliphatic carboxylic acids is 2. The fraction of sp³-hybridized carbons (Fsp3) is 0.250. The zero-order valence-corrected chi connectivity index (χ0v) is 9.37. The summed E-state index contributed by atoms with van der Waals surface area (Å²) < 4.78 is 0. The molecule has 6 heteroatoms. The molecule has 0 spiro atoms. The highest BCUT2D eigenvalue weighted by molar-refractivity contribution is 5.72. The first-order chi connectivity index (χ1) is 8.52. The van der Waals surface area contributed by atoms with Crippen molar-refractivity contribution in [3.05, 3.63) is 29.8 Å². The molecule has 0 atom stereocenters. The van der Waals surface area contributed by atoms with Crippen LogP contribution in [0.15, 0.2) is 29.3 Å². The lowest BCUT2D eigenvalue weighted by molar-refractivity contribution is -0.139. The van der Waals surface area contributed by atoms with Crippen LogP contribution < -0.4 is 0 Å². The van der Waals surface area contributed by atoms with E-state index in [1.165, 1.54) is 18.2 Å². The van der Waals surface area contributed by atoms with Gasteiger partial charge in [-0.05, 0) is 17.7 Å². The van der Waals surface area contributed by atoms with Gasteiger partial charge in [0.2, 0.25) is 6.08 Å². The number of rotatable bonds is 6. The smallest absolute Gasteiger partial charge is 0.303 e. The van der Waals surface area contributed by atoms with E-state index in [2.05, 4.69) is 4.99 Å². The molecule has 94 valence electrons. The number of carbonyl (C=O) groups excluding carboxylic acids is 1. The second-order valence-corrected chi connectivity index (χ2v) is 3.69. The van der Waals surface area contributed by atoms with Crippen molar-refractivity contribution in [2.45, 2.75) is 18.8 Å². The molecule has 1 rings (SSSR count). The first-order valence-corrected chi connectivity index (χ1v) is 5.14. The molecule has 18 heavy (non-hydrogen) atoms. The van der Waals surface area contributed by atoms with Crippen LogP contribution in [0, 0.1) is 0 Å². The topological polar surface area (TPSA) is 104 Å². The van der Waals surface area contributed by atoms with Crippen LogP contribution in [0.5, 0.6) is 0 Å². The number of nitrogens with zero attached hydrogens (tertiary/aromatic N) is 1. The van der Waals surface area contributed by atoms with Gasteiger partial charge in [-0.3, -0.25) is 9.59 Å². The Labute approximate surface area is 103 Å². The van der Waals surface area contributed by atoms with Gasteiger partial charge in [-0.1, -0.05) is 12.1 Å². The van der Waals surface area contributed by atoms with Crippen LogP contribution in [-0.4, -0.2) is 28.2 Å². The van der Waals surface area contributed by atoms with Crippen molar-refractivity contribution in [3.8, 4) is 0 Å². The van der Waals surface area contributed by atoms with Crippen molar-refractivity contribution in [2.75, 3.05) is 0 Å². The van der Waals surface area contributed by atoms with Crippen LogP contribution in [0.4, 0.5) is 5.69 Å². The molecular weight excluding hydrogens is 238 g/mol. The van der Waals surface area contributed by atoms with Crippen molar-refractivity contribution in [3.63, 3.8) is 0 Å². The van der Waals surface area contributed by atoms with Crippen LogP contribution >= 0.6 is 0 Å². The summed E-state index contributed by atoms with van der Waals surface area (Å²) >= 11 is 0. The Morgan fingerprint density at radius 1 is 1.11 bits per heavy atom.